The summed E-state index contributed by atoms with van der Waals surface area (Å²) in [6.07, 6.45) is 1.16. The number of ketones is 1. The van der Waals surface area contributed by atoms with Gasteiger partial charge in [-0.3, -0.25) is 4.79 Å². The Hall–Kier alpha value is -3.56. The smallest absolute Gasteiger partial charge is 0.162 e. The molecule has 6 nitrogen and oxygen atoms in total. The highest BCUT2D eigenvalue weighted by molar-refractivity contribution is 6.00. The van der Waals surface area contributed by atoms with Gasteiger partial charge in [0.2, 0.25) is 0 Å². The number of rotatable bonds is 7. The Morgan fingerprint density at radius 2 is 1.82 bits per heavy atom. The number of nitriles is 1. The van der Waals surface area contributed by atoms with Gasteiger partial charge in [0.1, 0.15) is 18.2 Å². The summed E-state index contributed by atoms with van der Waals surface area (Å²) in [7, 11) is 1.63. The standard InChI is InChI=1S/C28H31N3O3/c1-28(2)15-23-26(24(32)16-28)25(22(17-29)27(30)31(23)13-14-33-3)20-9-11-21(12-10-20)34-18-19-7-5-4-6-8-19/h4-12,25H,13-16,18,30H2,1-3H3/t25-/m1/s1. The van der Waals surface area contributed by atoms with Crippen LogP contribution >= 0.6 is 0 Å². The van der Waals surface area contributed by atoms with E-state index >= 15 is 0 Å². The zero-order valence-corrected chi connectivity index (χ0v) is 20.0. The normalized spacial score (nSPS) is 19.6. The number of methoxy groups -OCH3 is 1. The largest absolute Gasteiger partial charge is 0.489 e. The molecule has 0 fully saturated rings. The van der Waals surface area contributed by atoms with Crippen molar-refractivity contribution in [1.29, 1.82) is 5.26 Å². The summed E-state index contributed by atoms with van der Waals surface area (Å²) in [5.41, 5.74) is 10.3. The molecule has 0 radical (unpaired) electrons. The van der Waals surface area contributed by atoms with Crippen molar-refractivity contribution in [3.05, 3.63) is 88.4 Å². The van der Waals surface area contributed by atoms with Gasteiger partial charge in [0.25, 0.3) is 0 Å². The second-order valence-corrected chi connectivity index (χ2v) is 9.63. The minimum Gasteiger partial charge on any atom is -0.489 e. The molecule has 1 atom stereocenters. The van der Waals surface area contributed by atoms with Crippen LogP contribution in [-0.4, -0.2) is 30.9 Å². The lowest BCUT2D eigenvalue weighted by Gasteiger charge is -2.43. The number of carbonyl (C=O) groups excluding carboxylic acids is 1. The molecule has 1 aliphatic heterocycles. The average molecular weight is 458 g/mol. The van der Waals surface area contributed by atoms with E-state index in [2.05, 4.69) is 19.9 Å². The van der Waals surface area contributed by atoms with Gasteiger partial charge in [0.15, 0.2) is 5.78 Å². The number of carbonyl (C=O) groups is 1. The van der Waals surface area contributed by atoms with Crippen LogP contribution in [0.5, 0.6) is 5.75 Å². The Labute approximate surface area is 201 Å². The summed E-state index contributed by atoms with van der Waals surface area (Å²) in [6.45, 7) is 5.60. The first-order chi connectivity index (χ1) is 16.3. The zero-order chi connectivity index (χ0) is 24.3. The van der Waals surface area contributed by atoms with E-state index < -0.39 is 5.92 Å². The van der Waals surface area contributed by atoms with E-state index in [1.165, 1.54) is 0 Å². The summed E-state index contributed by atoms with van der Waals surface area (Å²) < 4.78 is 11.2. The molecule has 6 heteroatoms. The Kier molecular flexibility index (Phi) is 6.76. The van der Waals surface area contributed by atoms with E-state index in [-0.39, 0.29) is 11.2 Å². The lowest BCUT2D eigenvalue weighted by molar-refractivity contribution is -0.118. The van der Waals surface area contributed by atoms with Crippen LogP contribution in [0, 0.1) is 16.7 Å². The average Bonchev–Trinajstić information content (AvgIpc) is 2.82. The molecule has 0 amide bonds. The maximum atomic E-state index is 13.4. The van der Waals surface area contributed by atoms with Gasteiger partial charge in [0, 0.05) is 31.3 Å². The van der Waals surface area contributed by atoms with Gasteiger partial charge in [0.05, 0.1) is 24.2 Å². The van der Waals surface area contributed by atoms with Crippen molar-refractivity contribution in [3.8, 4) is 11.8 Å². The van der Waals surface area contributed by atoms with Gasteiger partial charge in [-0.15, -0.1) is 0 Å². The second kappa shape index (κ2) is 9.74. The summed E-state index contributed by atoms with van der Waals surface area (Å²) in [4.78, 5) is 15.3. The van der Waals surface area contributed by atoms with Crippen LogP contribution in [0.25, 0.3) is 0 Å². The topological polar surface area (TPSA) is 88.6 Å². The van der Waals surface area contributed by atoms with E-state index in [4.69, 9.17) is 15.2 Å². The fourth-order valence-electron chi connectivity index (χ4n) is 4.84. The first-order valence-electron chi connectivity index (χ1n) is 11.5. The molecule has 34 heavy (non-hydrogen) atoms. The van der Waals surface area contributed by atoms with Crippen LogP contribution in [0.4, 0.5) is 0 Å². The molecule has 0 bridgehead atoms. The van der Waals surface area contributed by atoms with Gasteiger partial charge < -0.3 is 20.1 Å². The number of nitrogens with zero attached hydrogens (tertiary/aromatic N) is 2. The molecule has 176 valence electrons. The summed E-state index contributed by atoms with van der Waals surface area (Å²) >= 11 is 0. The minimum absolute atomic E-state index is 0.0725. The van der Waals surface area contributed by atoms with E-state index in [0.717, 1.165) is 22.6 Å². The van der Waals surface area contributed by atoms with Crippen molar-refractivity contribution in [3.63, 3.8) is 0 Å². The van der Waals surface area contributed by atoms with E-state index in [1.54, 1.807) is 7.11 Å². The van der Waals surface area contributed by atoms with Crippen LogP contribution in [0.2, 0.25) is 0 Å². The van der Waals surface area contributed by atoms with Crippen molar-refractivity contribution in [2.24, 2.45) is 11.1 Å². The monoisotopic (exact) mass is 457 g/mol. The van der Waals surface area contributed by atoms with Gasteiger partial charge >= 0.3 is 0 Å². The molecule has 0 spiro atoms. The first-order valence-corrected chi connectivity index (χ1v) is 11.5. The number of benzene rings is 2. The lowest BCUT2D eigenvalue weighted by atomic mass is 9.68. The van der Waals surface area contributed by atoms with Crippen molar-refractivity contribution < 1.29 is 14.3 Å². The van der Waals surface area contributed by atoms with Crippen molar-refractivity contribution in [2.45, 2.75) is 39.2 Å². The van der Waals surface area contributed by atoms with Crippen molar-refractivity contribution >= 4 is 5.78 Å². The van der Waals surface area contributed by atoms with Crippen LogP contribution in [0.15, 0.2) is 77.3 Å². The SMILES string of the molecule is COCCN1C(N)=C(C#N)[C@@H](c2ccc(OCc3ccccc3)cc2)C2=C1CC(C)(C)CC2=O. The number of nitrogens with two attached hydrogens (primary N) is 1. The van der Waals surface area contributed by atoms with Crippen molar-refractivity contribution in [1.82, 2.24) is 4.90 Å². The fraction of sp³-hybridized carbons (Fsp3) is 0.357. The highest BCUT2D eigenvalue weighted by atomic mass is 16.5. The van der Waals surface area contributed by atoms with E-state index in [0.29, 0.717) is 49.6 Å². The molecule has 4 rings (SSSR count). The van der Waals surface area contributed by atoms with Crippen molar-refractivity contribution in [2.75, 3.05) is 20.3 Å². The highest BCUT2D eigenvalue weighted by Gasteiger charge is 2.44. The van der Waals surface area contributed by atoms with Crippen LogP contribution < -0.4 is 10.5 Å². The molecule has 0 saturated carbocycles. The van der Waals surface area contributed by atoms with Gasteiger partial charge in [-0.2, -0.15) is 5.26 Å². The molecule has 2 N–H and O–H groups in total. The third-order valence-electron chi connectivity index (χ3n) is 6.47. The molecule has 0 unspecified atom stereocenters. The first kappa shape index (κ1) is 23.6. The fourth-order valence-corrected chi connectivity index (χ4v) is 4.84. The lowest BCUT2D eigenvalue weighted by Crippen LogP contribution is -2.43. The maximum absolute atomic E-state index is 13.4. The van der Waals surface area contributed by atoms with E-state index in [9.17, 15) is 10.1 Å². The van der Waals surface area contributed by atoms with Gasteiger partial charge in [-0.05, 0) is 35.1 Å². The number of hydrogen-bond donors (Lipinski definition) is 1. The van der Waals surface area contributed by atoms with Crippen LogP contribution in [-0.2, 0) is 16.1 Å². The van der Waals surface area contributed by atoms with Crippen LogP contribution in [0.3, 0.4) is 0 Å². The molecule has 2 aromatic carbocycles. The molecule has 2 aliphatic rings. The molecule has 0 aromatic heterocycles. The molecule has 1 heterocycles. The third-order valence-corrected chi connectivity index (χ3v) is 6.47. The molecule has 1 aliphatic carbocycles. The van der Waals surface area contributed by atoms with E-state index in [1.807, 2.05) is 59.5 Å². The Morgan fingerprint density at radius 1 is 1.12 bits per heavy atom. The molecule has 2 aromatic rings. The summed E-state index contributed by atoms with van der Waals surface area (Å²) in [6, 6.07) is 19.9. The predicted octanol–water partition coefficient (Wildman–Crippen LogP) is 4.65. The Balaban J connectivity index is 1.69. The number of hydrogen-bond acceptors (Lipinski definition) is 6. The Morgan fingerprint density at radius 3 is 2.47 bits per heavy atom. The van der Waals surface area contributed by atoms with Gasteiger partial charge in [-0.1, -0.05) is 56.3 Å². The second-order valence-electron chi connectivity index (χ2n) is 9.63. The number of ether oxygens (including phenoxy) is 2. The summed E-state index contributed by atoms with van der Waals surface area (Å²) in [5, 5.41) is 10.1. The third kappa shape index (κ3) is 4.71. The predicted molar refractivity (Wildman–Crippen MR) is 130 cm³/mol. The highest BCUT2D eigenvalue weighted by Crippen LogP contribution is 2.49. The molecule has 0 saturated heterocycles. The van der Waals surface area contributed by atoms with Crippen LogP contribution in [0.1, 0.15) is 43.7 Å². The number of Topliss-reactive ketones (excluding diaryl/α,β-unsaturated/α-hetero) is 1. The Bertz CT molecular complexity index is 1160. The van der Waals surface area contributed by atoms with Gasteiger partial charge in [-0.25, -0.2) is 0 Å². The quantitative estimate of drug-likeness (QED) is 0.651. The maximum Gasteiger partial charge on any atom is 0.162 e. The molecular weight excluding hydrogens is 426 g/mol. The number of allylic oxidation sites excluding steroid dienone is 3. The minimum atomic E-state index is -0.481. The zero-order valence-electron chi connectivity index (χ0n) is 20.0. The summed E-state index contributed by atoms with van der Waals surface area (Å²) in [5.74, 6) is 0.720. The molecular formula is C28H31N3O3.